The van der Waals surface area contributed by atoms with Gasteiger partial charge in [-0.1, -0.05) is 30.3 Å². The van der Waals surface area contributed by atoms with E-state index >= 15 is 0 Å². The van der Waals surface area contributed by atoms with Gasteiger partial charge in [-0.15, -0.1) is 0 Å². The number of benzene rings is 1. The van der Waals surface area contributed by atoms with Crippen molar-refractivity contribution in [3.05, 3.63) is 35.9 Å². The van der Waals surface area contributed by atoms with E-state index in [1.807, 2.05) is 58.0 Å². The van der Waals surface area contributed by atoms with Gasteiger partial charge in [0.05, 0.1) is 12.6 Å². The van der Waals surface area contributed by atoms with E-state index in [2.05, 4.69) is 5.48 Å². The Morgan fingerprint density at radius 1 is 0.885 bits per heavy atom. The molecule has 26 heavy (non-hydrogen) atoms. The standard InChI is InChI=1S/C19H27NO6/c1-18(2)23-14-12(20-22-10-11-8-6-5-7-9-11)13(21)15-17(16(14)25-18)26-19(3,4)24-15/h5-9,12-17,20-21H,10H2,1-4H3/t12-,13-,14+,15-,16-,17-/m1/s1. The Balaban J connectivity index is 1.50. The van der Waals surface area contributed by atoms with Crippen LogP contribution in [0.4, 0.5) is 0 Å². The lowest BCUT2D eigenvalue weighted by molar-refractivity contribution is -0.181. The molecule has 144 valence electrons. The maximum Gasteiger partial charge on any atom is 0.164 e. The molecule has 0 amide bonds. The summed E-state index contributed by atoms with van der Waals surface area (Å²) in [5.41, 5.74) is 4.01. The van der Waals surface area contributed by atoms with Gasteiger partial charge in [-0.05, 0) is 33.3 Å². The molecule has 3 aliphatic rings. The summed E-state index contributed by atoms with van der Waals surface area (Å²) >= 11 is 0. The zero-order valence-corrected chi connectivity index (χ0v) is 15.5. The van der Waals surface area contributed by atoms with Crippen LogP contribution in [0.1, 0.15) is 33.3 Å². The van der Waals surface area contributed by atoms with Crippen LogP contribution in [0, 0.1) is 0 Å². The number of hydrogen-bond acceptors (Lipinski definition) is 7. The van der Waals surface area contributed by atoms with Crippen LogP contribution in [0.25, 0.3) is 0 Å². The predicted octanol–water partition coefficient (Wildman–Crippen LogP) is 1.49. The summed E-state index contributed by atoms with van der Waals surface area (Å²) in [7, 11) is 0. The van der Waals surface area contributed by atoms with Crippen molar-refractivity contribution in [1.29, 1.82) is 0 Å². The minimum Gasteiger partial charge on any atom is -0.388 e. The van der Waals surface area contributed by atoms with E-state index in [4.69, 9.17) is 23.8 Å². The monoisotopic (exact) mass is 365 g/mol. The summed E-state index contributed by atoms with van der Waals surface area (Å²) in [6.45, 7) is 7.76. The molecule has 6 atom stereocenters. The molecular formula is C19H27NO6. The largest absolute Gasteiger partial charge is 0.388 e. The maximum absolute atomic E-state index is 10.9. The molecule has 2 heterocycles. The van der Waals surface area contributed by atoms with Gasteiger partial charge >= 0.3 is 0 Å². The average Bonchev–Trinajstić information content (AvgIpc) is 3.07. The molecule has 2 saturated heterocycles. The van der Waals surface area contributed by atoms with Crippen LogP contribution in [0.5, 0.6) is 0 Å². The van der Waals surface area contributed by atoms with Crippen molar-refractivity contribution in [3.63, 3.8) is 0 Å². The van der Waals surface area contributed by atoms with Gasteiger partial charge in [-0.2, -0.15) is 5.48 Å². The minimum absolute atomic E-state index is 0.349. The Morgan fingerprint density at radius 3 is 2.08 bits per heavy atom. The Morgan fingerprint density at radius 2 is 1.42 bits per heavy atom. The lowest BCUT2D eigenvalue weighted by Gasteiger charge is -2.40. The first kappa shape index (κ1) is 18.3. The van der Waals surface area contributed by atoms with Crippen LogP contribution in [0.2, 0.25) is 0 Å². The third-order valence-electron chi connectivity index (χ3n) is 5.01. The van der Waals surface area contributed by atoms with Crippen LogP contribution in [-0.4, -0.2) is 53.2 Å². The molecular weight excluding hydrogens is 338 g/mol. The van der Waals surface area contributed by atoms with Gasteiger partial charge < -0.3 is 24.1 Å². The molecule has 3 fully saturated rings. The van der Waals surface area contributed by atoms with Crippen LogP contribution < -0.4 is 5.48 Å². The molecule has 0 spiro atoms. The predicted molar refractivity (Wildman–Crippen MR) is 91.8 cm³/mol. The van der Waals surface area contributed by atoms with E-state index in [0.717, 1.165) is 5.56 Å². The van der Waals surface area contributed by atoms with Crippen molar-refractivity contribution in [2.75, 3.05) is 0 Å². The number of hydroxylamine groups is 1. The molecule has 7 nitrogen and oxygen atoms in total. The third kappa shape index (κ3) is 3.41. The average molecular weight is 365 g/mol. The zero-order chi connectivity index (χ0) is 18.5. The SMILES string of the molecule is CC1(C)O[C@H]2[C@@H]3OC(C)(C)O[C@H]3[C@H](NOCc3ccccc3)[C@@H](O)[C@H]2O1. The first-order valence-electron chi connectivity index (χ1n) is 9.06. The normalized spacial score (nSPS) is 40.2. The van der Waals surface area contributed by atoms with Gasteiger partial charge in [0.15, 0.2) is 11.6 Å². The van der Waals surface area contributed by atoms with Crippen molar-refractivity contribution >= 4 is 0 Å². The van der Waals surface area contributed by atoms with Crippen LogP contribution in [-0.2, 0) is 30.4 Å². The molecule has 1 aliphatic carbocycles. The maximum atomic E-state index is 10.9. The summed E-state index contributed by atoms with van der Waals surface area (Å²) < 4.78 is 24.1. The molecule has 0 radical (unpaired) electrons. The smallest absolute Gasteiger partial charge is 0.164 e. The Hall–Kier alpha value is -1.06. The number of aliphatic hydroxyl groups is 1. The van der Waals surface area contributed by atoms with Crippen molar-refractivity contribution in [3.8, 4) is 0 Å². The van der Waals surface area contributed by atoms with Crippen molar-refractivity contribution < 1.29 is 28.9 Å². The summed E-state index contributed by atoms with van der Waals surface area (Å²) in [4.78, 5) is 5.66. The molecule has 4 rings (SSSR count). The fourth-order valence-electron chi connectivity index (χ4n) is 4.02. The van der Waals surface area contributed by atoms with Crippen LogP contribution in [0.15, 0.2) is 30.3 Å². The zero-order valence-electron chi connectivity index (χ0n) is 15.5. The lowest BCUT2D eigenvalue weighted by Crippen LogP contribution is -2.65. The summed E-state index contributed by atoms with van der Waals surface area (Å²) in [6.07, 6.45) is -2.51. The first-order chi connectivity index (χ1) is 12.3. The van der Waals surface area contributed by atoms with E-state index in [1.54, 1.807) is 0 Å². The summed E-state index contributed by atoms with van der Waals surface area (Å²) in [5.74, 6) is -1.55. The van der Waals surface area contributed by atoms with Gasteiger partial charge in [-0.25, -0.2) is 0 Å². The van der Waals surface area contributed by atoms with Gasteiger partial charge in [0.2, 0.25) is 0 Å². The number of aliphatic hydroxyl groups excluding tert-OH is 1. The van der Waals surface area contributed by atoms with E-state index < -0.39 is 35.9 Å². The van der Waals surface area contributed by atoms with Gasteiger partial charge in [-0.3, -0.25) is 4.84 Å². The molecule has 0 unspecified atom stereocenters. The lowest BCUT2D eigenvalue weighted by atomic mass is 9.83. The number of rotatable bonds is 4. The molecule has 2 aliphatic heterocycles. The summed E-state index contributed by atoms with van der Waals surface area (Å²) in [6, 6.07) is 9.33. The highest BCUT2D eigenvalue weighted by Gasteiger charge is 2.63. The number of fused-ring (bicyclic) bond motifs is 3. The van der Waals surface area contributed by atoms with E-state index in [9.17, 15) is 5.11 Å². The van der Waals surface area contributed by atoms with Crippen molar-refractivity contribution in [2.45, 2.75) is 82.4 Å². The number of ether oxygens (including phenoxy) is 4. The minimum atomic E-state index is -0.851. The first-order valence-corrected chi connectivity index (χ1v) is 9.06. The molecule has 2 N–H and O–H groups in total. The highest BCUT2D eigenvalue weighted by Crippen LogP contribution is 2.44. The van der Waals surface area contributed by atoms with E-state index in [0.29, 0.717) is 6.61 Å². The Bertz CT molecular complexity index is 636. The Labute approximate surface area is 153 Å². The van der Waals surface area contributed by atoms with Crippen molar-refractivity contribution in [2.24, 2.45) is 0 Å². The topological polar surface area (TPSA) is 78.4 Å². The van der Waals surface area contributed by atoms with Crippen LogP contribution >= 0.6 is 0 Å². The second-order valence-corrected chi connectivity index (χ2v) is 8.04. The molecule has 0 aromatic heterocycles. The number of hydrogen-bond donors (Lipinski definition) is 2. The van der Waals surface area contributed by atoms with E-state index in [1.165, 1.54) is 0 Å². The second-order valence-electron chi connectivity index (χ2n) is 8.04. The molecule has 7 heteroatoms. The third-order valence-corrected chi connectivity index (χ3v) is 5.01. The van der Waals surface area contributed by atoms with Gasteiger partial charge in [0.25, 0.3) is 0 Å². The molecule has 0 bridgehead atoms. The van der Waals surface area contributed by atoms with Crippen molar-refractivity contribution in [1.82, 2.24) is 5.48 Å². The quantitative estimate of drug-likeness (QED) is 0.783. The Kier molecular flexibility index (Phi) is 4.60. The highest BCUT2D eigenvalue weighted by molar-refractivity contribution is 5.13. The molecule has 1 aromatic carbocycles. The number of nitrogens with one attached hydrogen (secondary N) is 1. The van der Waals surface area contributed by atoms with Crippen LogP contribution in [0.3, 0.4) is 0 Å². The highest BCUT2D eigenvalue weighted by atomic mass is 16.8. The molecule has 1 aromatic rings. The van der Waals surface area contributed by atoms with Gasteiger partial charge in [0, 0.05) is 0 Å². The van der Waals surface area contributed by atoms with E-state index in [-0.39, 0.29) is 12.2 Å². The molecule has 1 saturated carbocycles. The van der Waals surface area contributed by atoms with Gasteiger partial charge in [0.1, 0.15) is 30.5 Å². The fraction of sp³-hybridized carbons (Fsp3) is 0.684. The second kappa shape index (κ2) is 6.53. The summed E-state index contributed by atoms with van der Waals surface area (Å²) in [5, 5.41) is 10.9. The fourth-order valence-corrected chi connectivity index (χ4v) is 4.02.